The first-order chi connectivity index (χ1) is 17.8. The Labute approximate surface area is 213 Å². The van der Waals surface area contributed by atoms with Gasteiger partial charge < -0.3 is 20.5 Å². The zero-order valence-electron chi connectivity index (χ0n) is 20.1. The predicted molar refractivity (Wildman–Crippen MR) is 137 cm³/mol. The summed E-state index contributed by atoms with van der Waals surface area (Å²) in [6, 6.07) is 20.0. The Kier molecular flexibility index (Phi) is 7.63. The molecule has 1 aliphatic heterocycles. The van der Waals surface area contributed by atoms with Gasteiger partial charge in [-0.3, -0.25) is 9.59 Å². The van der Waals surface area contributed by atoms with Crippen LogP contribution in [0.15, 0.2) is 78.5 Å². The molecule has 188 valence electrons. The number of nitrogens with one attached hydrogen (secondary N) is 2. The number of carbonyl (C=O) groups is 4. The van der Waals surface area contributed by atoms with Crippen molar-refractivity contribution in [3.05, 3.63) is 101 Å². The minimum atomic E-state index is -1.01. The highest BCUT2D eigenvalue weighted by molar-refractivity contribution is 6.16. The van der Waals surface area contributed by atoms with Crippen LogP contribution < -0.4 is 15.4 Å². The number of rotatable bonds is 9. The number of carbonyl (C=O) groups excluding carboxylic acids is 3. The van der Waals surface area contributed by atoms with Crippen LogP contribution >= 0.6 is 0 Å². The number of imide groups is 1. The van der Waals surface area contributed by atoms with Gasteiger partial charge in [0, 0.05) is 5.69 Å². The van der Waals surface area contributed by atoms with Gasteiger partial charge in [0.2, 0.25) is 5.91 Å². The van der Waals surface area contributed by atoms with Crippen LogP contribution in [0.2, 0.25) is 0 Å². The Balaban J connectivity index is 1.36. The summed E-state index contributed by atoms with van der Waals surface area (Å²) in [5.41, 5.74) is 3.21. The molecule has 1 saturated heterocycles. The van der Waals surface area contributed by atoms with Crippen LogP contribution in [0.3, 0.4) is 0 Å². The van der Waals surface area contributed by atoms with Crippen LogP contribution in [0, 0.1) is 0 Å². The number of ether oxygens (including phenoxy) is 1. The van der Waals surface area contributed by atoms with Crippen LogP contribution in [0.25, 0.3) is 6.08 Å². The fourth-order valence-corrected chi connectivity index (χ4v) is 3.79. The molecule has 4 rings (SSSR count). The van der Waals surface area contributed by atoms with Crippen LogP contribution in [0.1, 0.15) is 34.0 Å². The lowest BCUT2D eigenvalue weighted by Crippen LogP contribution is -2.38. The van der Waals surface area contributed by atoms with E-state index in [2.05, 4.69) is 10.6 Å². The Morgan fingerprint density at radius 1 is 1.03 bits per heavy atom. The standard InChI is InChI=1S/C28H25N3O6/c1-2-20-7-3-4-9-23(20)29-25(32)16-31-26(33)24(30-28(31)36)15-18-10-12-22(13-11-18)37-17-19-6-5-8-21(14-19)27(34)35/h3-15H,2,16-17H2,1H3,(H,29,32)(H,30,36)(H,34,35)/b24-15+. The van der Waals surface area contributed by atoms with Crippen molar-refractivity contribution in [2.75, 3.05) is 11.9 Å². The van der Waals surface area contributed by atoms with E-state index in [1.165, 1.54) is 12.1 Å². The molecule has 0 atom stereocenters. The number of carboxylic acids is 1. The van der Waals surface area contributed by atoms with Crippen LogP contribution in [-0.4, -0.2) is 40.4 Å². The van der Waals surface area contributed by atoms with Crippen LogP contribution in [0.5, 0.6) is 5.75 Å². The van der Waals surface area contributed by atoms with Gasteiger partial charge in [-0.1, -0.05) is 49.4 Å². The SMILES string of the molecule is CCc1ccccc1NC(=O)CN1C(=O)N/C(=C/c2ccc(OCc3cccc(C(=O)O)c3)cc2)C1=O. The van der Waals surface area contributed by atoms with E-state index in [9.17, 15) is 19.2 Å². The molecular formula is C28H25N3O6. The molecule has 1 aliphatic rings. The molecule has 9 nitrogen and oxygen atoms in total. The quantitative estimate of drug-likeness (QED) is 0.301. The van der Waals surface area contributed by atoms with Gasteiger partial charge in [-0.05, 0) is 59.5 Å². The maximum absolute atomic E-state index is 12.8. The minimum Gasteiger partial charge on any atom is -0.489 e. The molecule has 3 aromatic carbocycles. The number of hydrogen-bond acceptors (Lipinski definition) is 5. The molecule has 0 spiro atoms. The summed E-state index contributed by atoms with van der Waals surface area (Å²) in [6.45, 7) is 1.75. The van der Waals surface area contributed by atoms with Crippen molar-refractivity contribution >= 4 is 35.6 Å². The fraction of sp³-hybridized carbons (Fsp3) is 0.143. The molecule has 3 N–H and O–H groups in total. The van der Waals surface area contributed by atoms with Crippen molar-refractivity contribution in [3.8, 4) is 5.75 Å². The van der Waals surface area contributed by atoms with Gasteiger partial charge in [-0.2, -0.15) is 0 Å². The second-order valence-electron chi connectivity index (χ2n) is 8.30. The number of hydrogen-bond donors (Lipinski definition) is 3. The third-order valence-electron chi connectivity index (χ3n) is 5.71. The van der Waals surface area contributed by atoms with Crippen LogP contribution in [-0.2, 0) is 22.6 Å². The summed E-state index contributed by atoms with van der Waals surface area (Å²) in [7, 11) is 0. The van der Waals surface area contributed by atoms with Crippen molar-refractivity contribution in [2.24, 2.45) is 0 Å². The molecule has 4 amide bonds. The highest BCUT2D eigenvalue weighted by Gasteiger charge is 2.35. The Bertz CT molecular complexity index is 1380. The smallest absolute Gasteiger partial charge is 0.335 e. The molecule has 0 saturated carbocycles. The maximum atomic E-state index is 12.8. The third kappa shape index (κ3) is 6.21. The number of nitrogens with zero attached hydrogens (tertiary/aromatic N) is 1. The first-order valence-corrected chi connectivity index (χ1v) is 11.6. The van der Waals surface area contributed by atoms with Crippen molar-refractivity contribution < 1.29 is 29.0 Å². The molecule has 37 heavy (non-hydrogen) atoms. The summed E-state index contributed by atoms with van der Waals surface area (Å²) in [4.78, 5) is 49.6. The van der Waals surface area contributed by atoms with Crippen molar-refractivity contribution in [1.29, 1.82) is 0 Å². The van der Waals surface area contributed by atoms with E-state index in [-0.39, 0.29) is 17.9 Å². The molecule has 3 aromatic rings. The normalized spacial score (nSPS) is 14.0. The maximum Gasteiger partial charge on any atom is 0.335 e. The minimum absolute atomic E-state index is 0.0610. The van der Waals surface area contributed by atoms with Crippen molar-refractivity contribution in [2.45, 2.75) is 20.0 Å². The summed E-state index contributed by atoms with van der Waals surface area (Å²) >= 11 is 0. The first kappa shape index (κ1) is 25.2. The number of para-hydroxylation sites is 1. The van der Waals surface area contributed by atoms with Crippen molar-refractivity contribution in [3.63, 3.8) is 0 Å². The van der Waals surface area contributed by atoms with Gasteiger partial charge in [-0.15, -0.1) is 0 Å². The lowest BCUT2D eigenvalue weighted by Gasteiger charge is -2.13. The average Bonchev–Trinajstić information content (AvgIpc) is 3.16. The summed E-state index contributed by atoms with van der Waals surface area (Å²) in [6.07, 6.45) is 2.25. The number of benzene rings is 3. The molecule has 1 fully saturated rings. The Hall–Kier alpha value is -4.92. The van der Waals surface area contributed by atoms with Gasteiger partial charge in [0.15, 0.2) is 0 Å². The molecule has 0 bridgehead atoms. The van der Waals surface area contributed by atoms with E-state index in [4.69, 9.17) is 9.84 Å². The van der Waals surface area contributed by atoms with Gasteiger partial charge >= 0.3 is 12.0 Å². The predicted octanol–water partition coefficient (Wildman–Crippen LogP) is 4.06. The highest BCUT2D eigenvalue weighted by Crippen LogP contribution is 2.19. The number of amides is 4. The van der Waals surface area contributed by atoms with E-state index in [1.807, 2.05) is 19.1 Å². The molecule has 0 aromatic heterocycles. The van der Waals surface area contributed by atoms with Crippen molar-refractivity contribution in [1.82, 2.24) is 10.2 Å². The topological polar surface area (TPSA) is 125 Å². The summed E-state index contributed by atoms with van der Waals surface area (Å²) in [5.74, 6) is -1.52. The third-order valence-corrected chi connectivity index (χ3v) is 5.71. The second-order valence-corrected chi connectivity index (χ2v) is 8.30. The van der Waals surface area contributed by atoms with Gasteiger partial charge in [-0.25, -0.2) is 14.5 Å². The summed E-state index contributed by atoms with van der Waals surface area (Å²) < 4.78 is 5.71. The van der Waals surface area contributed by atoms with Gasteiger partial charge in [0.25, 0.3) is 5.91 Å². The second kappa shape index (κ2) is 11.2. The summed E-state index contributed by atoms with van der Waals surface area (Å²) in [5, 5.41) is 14.4. The van der Waals surface area contributed by atoms with E-state index in [0.717, 1.165) is 16.9 Å². The van der Waals surface area contributed by atoms with Gasteiger partial charge in [0.05, 0.1) is 5.56 Å². The first-order valence-electron chi connectivity index (χ1n) is 11.6. The van der Waals surface area contributed by atoms with Gasteiger partial charge in [0.1, 0.15) is 24.6 Å². The van der Waals surface area contributed by atoms with E-state index < -0.39 is 30.4 Å². The molecule has 0 unspecified atom stereocenters. The van der Waals surface area contributed by atoms with Crippen LogP contribution in [0.4, 0.5) is 10.5 Å². The molecule has 9 heteroatoms. The molecule has 0 radical (unpaired) electrons. The average molecular weight is 500 g/mol. The zero-order valence-corrected chi connectivity index (χ0v) is 20.1. The molecular weight excluding hydrogens is 474 g/mol. The Morgan fingerprint density at radius 3 is 2.51 bits per heavy atom. The highest BCUT2D eigenvalue weighted by atomic mass is 16.5. The number of aryl methyl sites for hydroxylation is 1. The monoisotopic (exact) mass is 499 g/mol. The Morgan fingerprint density at radius 2 is 1.78 bits per heavy atom. The molecule has 1 heterocycles. The number of aromatic carboxylic acids is 1. The van der Waals surface area contributed by atoms with E-state index >= 15 is 0 Å². The largest absolute Gasteiger partial charge is 0.489 e. The fourth-order valence-electron chi connectivity index (χ4n) is 3.79. The molecule has 0 aliphatic carbocycles. The lowest BCUT2D eigenvalue weighted by atomic mass is 10.1. The number of anilines is 1. The zero-order chi connectivity index (χ0) is 26.4. The number of urea groups is 1. The lowest BCUT2D eigenvalue weighted by molar-refractivity contribution is -0.127. The number of carboxylic acid groups (broad SMARTS) is 1. The van der Waals surface area contributed by atoms with E-state index in [1.54, 1.807) is 54.6 Å². The van der Waals surface area contributed by atoms with E-state index in [0.29, 0.717) is 22.6 Å².